The van der Waals surface area contributed by atoms with E-state index in [1.807, 2.05) is 20.2 Å². The van der Waals surface area contributed by atoms with Crippen molar-refractivity contribution in [2.45, 2.75) is 13.0 Å². The zero-order valence-corrected chi connectivity index (χ0v) is 6.91. The summed E-state index contributed by atoms with van der Waals surface area (Å²) in [5.74, 6) is 0. The highest BCUT2D eigenvalue weighted by Crippen LogP contribution is 2.01. The molecule has 4 nitrogen and oxygen atoms in total. The van der Waals surface area contributed by atoms with Gasteiger partial charge in [0.25, 0.3) is 0 Å². The van der Waals surface area contributed by atoms with Gasteiger partial charge < -0.3 is 11.1 Å². The predicted octanol–water partition coefficient (Wildman–Crippen LogP) is 0.179. The number of nitrogens with two attached hydrogens (primary N) is 1. The molecule has 1 unspecified atom stereocenters. The quantitative estimate of drug-likeness (QED) is 0.653. The van der Waals surface area contributed by atoms with E-state index in [1.165, 1.54) is 0 Å². The predicted molar refractivity (Wildman–Crippen MR) is 45.3 cm³/mol. The van der Waals surface area contributed by atoms with Crippen molar-refractivity contribution in [1.29, 1.82) is 0 Å². The number of nitrogens with one attached hydrogen (secondary N) is 1. The minimum absolute atomic E-state index is 0.176. The maximum atomic E-state index is 5.56. The minimum atomic E-state index is 0.176. The maximum Gasteiger partial charge on any atom is 0.0726 e. The second-order valence-corrected chi connectivity index (χ2v) is 2.76. The highest BCUT2D eigenvalue weighted by molar-refractivity contribution is 5.37. The number of nitrogens with zero attached hydrogens (tertiary/aromatic N) is 2. The van der Waals surface area contributed by atoms with Crippen molar-refractivity contribution < 1.29 is 0 Å². The monoisotopic (exact) mass is 154 g/mol. The normalized spacial score (nSPS) is 13.0. The van der Waals surface area contributed by atoms with Crippen LogP contribution >= 0.6 is 0 Å². The SMILES string of the molecule is CC(N)CNc1cnn(C)c1. The Bertz CT molecular complexity index is 216. The molecule has 0 radical (unpaired) electrons. The third-order valence-corrected chi connectivity index (χ3v) is 1.33. The van der Waals surface area contributed by atoms with Crippen LogP contribution in [0, 0.1) is 0 Å². The molecule has 0 spiro atoms. The average Bonchev–Trinajstić information content (AvgIpc) is 2.31. The van der Waals surface area contributed by atoms with E-state index in [9.17, 15) is 0 Å². The van der Waals surface area contributed by atoms with E-state index in [0.29, 0.717) is 0 Å². The molecule has 0 aliphatic rings. The van der Waals surface area contributed by atoms with Crippen LogP contribution in [-0.4, -0.2) is 22.4 Å². The van der Waals surface area contributed by atoms with Crippen LogP contribution in [0.2, 0.25) is 0 Å². The minimum Gasteiger partial charge on any atom is -0.381 e. The molecule has 0 saturated heterocycles. The van der Waals surface area contributed by atoms with Crippen molar-refractivity contribution in [2.75, 3.05) is 11.9 Å². The summed E-state index contributed by atoms with van der Waals surface area (Å²) in [5.41, 5.74) is 6.58. The van der Waals surface area contributed by atoms with Gasteiger partial charge in [0.2, 0.25) is 0 Å². The van der Waals surface area contributed by atoms with E-state index < -0.39 is 0 Å². The molecule has 1 atom stereocenters. The van der Waals surface area contributed by atoms with Crippen molar-refractivity contribution in [3.63, 3.8) is 0 Å². The van der Waals surface area contributed by atoms with Crippen LogP contribution in [0.15, 0.2) is 12.4 Å². The topological polar surface area (TPSA) is 55.9 Å². The molecule has 1 rings (SSSR count). The second kappa shape index (κ2) is 3.39. The highest BCUT2D eigenvalue weighted by Gasteiger charge is 1.95. The van der Waals surface area contributed by atoms with Gasteiger partial charge in [0.1, 0.15) is 0 Å². The molecule has 62 valence electrons. The smallest absolute Gasteiger partial charge is 0.0726 e. The molecule has 0 bridgehead atoms. The Kier molecular flexibility index (Phi) is 2.48. The Morgan fingerprint density at radius 1 is 1.82 bits per heavy atom. The third kappa shape index (κ3) is 2.59. The number of aryl methyl sites for hydroxylation is 1. The average molecular weight is 154 g/mol. The molecule has 0 fully saturated rings. The summed E-state index contributed by atoms with van der Waals surface area (Å²) in [6.07, 6.45) is 3.70. The molecule has 0 aliphatic heterocycles. The first-order valence-corrected chi connectivity index (χ1v) is 3.66. The summed E-state index contributed by atoms with van der Waals surface area (Å²) in [6, 6.07) is 0.176. The molecule has 1 heterocycles. The molecule has 0 aromatic carbocycles. The van der Waals surface area contributed by atoms with Crippen LogP contribution in [0.1, 0.15) is 6.92 Å². The third-order valence-electron chi connectivity index (χ3n) is 1.33. The van der Waals surface area contributed by atoms with Crippen LogP contribution in [-0.2, 0) is 7.05 Å². The summed E-state index contributed by atoms with van der Waals surface area (Å²) in [6.45, 7) is 2.75. The van der Waals surface area contributed by atoms with Gasteiger partial charge in [0.15, 0.2) is 0 Å². The van der Waals surface area contributed by atoms with Gasteiger partial charge in [0, 0.05) is 25.8 Å². The number of aromatic nitrogens is 2. The summed E-state index contributed by atoms with van der Waals surface area (Å²) < 4.78 is 1.75. The van der Waals surface area contributed by atoms with Gasteiger partial charge in [-0.2, -0.15) is 5.10 Å². The fourth-order valence-corrected chi connectivity index (χ4v) is 0.791. The van der Waals surface area contributed by atoms with Crippen LogP contribution in [0.5, 0.6) is 0 Å². The summed E-state index contributed by atoms with van der Waals surface area (Å²) in [5, 5.41) is 7.16. The van der Waals surface area contributed by atoms with Crippen LogP contribution in [0.3, 0.4) is 0 Å². The Labute approximate surface area is 66.4 Å². The van der Waals surface area contributed by atoms with Gasteiger partial charge in [-0.15, -0.1) is 0 Å². The molecule has 4 heteroatoms. The number of hydrogen-bond donors (Lipinski definition) is 2. The van der Waals surface area contributed by atoms with Crippen LogP contribution in [0.4, 0.5) is 5.69 Å². The zero-order valence-electron chi connectivity index (χ0n) is 6.91. The lowest BCUT2D eigenvalue weighted by atomic mass is 10.3. The molecule has 0 saturated carbocycles. The van der Waals surface area contributed by atoms with E-state index in [0.717, 1.165) is 12.2 Å². The fourth-order valence-electron chi connectivity index (χ4n) is 0.791. The molecular formula is C7H14N4. The van der Waals surface area contributed by atoms with E-state index in [-0.39, 0.29) is 6.04 Å². The Hall–Kier alpha value is -1.03. The lowest BCUT2D eigenvalue weighted by Crippen LogP contribution is -2.24. The lowest BCUT2D eigenvalue weighted by molar-refractivity contribution is 0.766. The van der Waals surface area contributed by atoms with Crippen molar-refractivity contribution in [3.05, 3.63) is 12.4 Å². The molecule has 3 N–H and O–H groups in total. The van der Waals surface area contributed by atoms with Crippen molar-refractivity contribution in [2.24, 2.45) is 12.8 Å². The van der Waals surface area contributed by atoms with Crippen molar-refractivity contribution >= 4 is 5.69 Å². The first-order chi connectivity index (χ1) is 5.18. The van der Waals surface area contributed by atoms with Crippen molar-refractivity contribution in [3.8, 4) is 0 Å². The van der Waals surface area contributed by atoms with E-state index in [2.05, 4.69) is 10.4 Å². The first-order valence-electron chi connectivity index (χ1n) is 3.66. The van der Waals surface area contributed by atoms with Gasteiger partial charge in [-0.1, -0.05) is 0 Å². The number of hydrogen-bond acceptors (Lipinski definition) is 3. The molecule has 1 aromatic heterocycles. The first kappa shape index (κ1) is 8.07. The maximum absolute atomic E-state index is 5.56. The lowest BCUT2D eigenvalue weighted by Gasteiger charge is -2.05. The number of rotatable bonds is 3. The van der Waals surface area contributed by atoms with Gasteiger partial charge in [-0.3, -0.25) is 4.68 Å². The zero-order chi connectivity index (χ0) is 8.27. The Morgan fingerprint density at radius 2 is 2.55 bits per heavy atom. The molecule has 1 aromatic rings. The summed E-state index contributed by atoms with van der Waals surface area (Å²) in [4.78, 5) is 0. The summed E-state index contributed by atoms with van der Waals surface area (Å²) in [7, 11) is 1.89. The van der Waals surface area contributed by atoms with E-state index in [1.54, 1.807) is 10.9 Å². The van der Waals surface area contributed by atoms with Crippen LogP contribution < -0.4 is 11.1 Å². The van der Waals surface area contributed by atoms with E-state index >= 15 is 0 Å². The number of anilines is 1. The molecule has 11 heavy (non-hydrogen) atoms. The summed E-state index contributed by atoms with van der Waals surface area (Å²) >= 11 is 0. The Balaban J connectivity index is 2.39. The second-order valence-electron chi connectivity index (χ2n) is 2.76. The molecular weight excluding hydrogens is 140 g/mol. The van der Waals surface area contributed by atoms with Gasteiger partial charge in [-0.05, 0) is 6.92 Å². The molecule has 0 aliphatic carbocycles. The van der Waals surface area contributed by atoms with Gasteiger partial charge >= 0.3 is 0 Å². The van der Waals surface area contributed by atoms with Gasteiger partial charge in [0.05, 0.1) is 11.9 Å². The largest absolute Gasteiger partial charge is 0.381 e. The fraction of sp³-hybridized carbons (Fsp3) is 0.571. The molecule has 0 amide bonds. The standard InChI is InChI=1S/C7H14N4/c1-6(8)3-9-7-4-10-11(2)5-7/h4-6,9H,3,8H2,1-2H3. The van der Waals surface area contributed by atoms with Crippen LogP contribution in [0.25, 0.3) is 0 Å². The van der Waals surface area contributed by atoms with Gasteiger partial charge in [-0.25, -0.2) is 0 Å². The highest BCUT2D eigenvalue weighted by atomic mass is 15.3. The Morgan fingerprint density at radius 3 is 3.00 bits per heavy atom. The van der Waals surface area contributed by atoms with Crippen molar-refractivity contribution in [1.82, 2.24) is 9.78 Å². The van der Waals surface area contributed by atoms with E-state index in [4.69, 9.17) is 5.73 Å².